The third-order valence-electron chi connectivity index (χ3n) is 3.57. The Morgan fingerprint density at radius 1 is 1.56 bits per heavy atom. The van der Waals surface area contributed by atoms with E-state index in [1.165, 1.54) is 5.75 Å². The van der Waals surface area contributed by atoms with Gasteiger partial charge in [-0.25, -0.2) is 0 Å². The summed E-state index contributed by atoms with van der Waals surface area (Å²) in [5, 5.41) is 4.58. The predicted molar refractivity (Wildman–Crippen MR) is 78.0 cm³/mol. The summed E-state index contributed by atoms with van der Waals surface area (Å²) in [5.41, 5.74) is 7.46. The van der Waals surface area contributed by atoms with Crippen LogP contribution in [-0.4, -0.2) is 51.9 Å². The van der Waals surface area contributed by atoms with Crippen LogP contribution in [0.25, 0.3) is 0 Å². The molecule has 1 aliphatic rings. The first-order chi connectivity index (χ1) is 8.58. The van der Waals surface area contributed by atoms with Gasteiger partial charge in [0, 0.05) is 48.8 Å². The predicted octanol–water partition coefficient (Wildman–Crippen LogP) is 1.38. The lowest BCUT2D eigenvalue weighted by molar-refractivity contribution is 0.234. The minimum absolute atomic E-state index is 0.179. The Kier molecular flexibility index (Phi) is 4.70. The SMILES string of the molecule is CC(C)n1ccc(CC(N)C2CSCCN2C)n1. The Morgan fingerprint density at radius 3 is 2.94 bits per heavy atom. The maximum atomic E-state index is 6.35. The van der Waals surface area contributed by atoms with Crippen molar-refractivity contribution in [1.29, 1.82) is 0 Å². The van der Waals surface area contributed by atoms with Gasteiger partial charge in [-0.05, 0) is 27.0 Å². The van der Waals surface area contributed by atoms with Gasteiger partial charge in [0.1, 0.15) is 0 Å². The van der Waals surface area contributed by atoms with Crippen LogP contribution in [0.4, 0.5) is 0 Å². The molecule has 1 fully saturated rings. The number of rotatable bonds is 4. The van der Waals surface area contributed by atoms with Crippen molar-refractivity contribution in [1.82, 2.24) is 14.7 Å². The fourth-order valence-electron chi connectivity index (χ4n) is 2.31. The third kappa shape index (κ3) is 3.28. The molecule has 1 aromatic rings. The highest BCUT2D eigenvalue weighted by molar-refractivity contribution is 7.99. The van der Waals surface area contributed by atoms with Gasteiger partial charge in [-0.2, -0.15) is 16.9 Å². The first-order valence-electron chi connectivity index (χ1n) is 6.65. The second-order valence-corrected chi connectivity index (χ2v) is 6.52. The maximum Gasteiger partial charge on any atom is 0.0640 e. The molecule has 102 valence electrons. The van der Waals surface area contributed by atoms with Gasteiger partial charge in [0.15, 0.2) is 0 Å². The molecular weight excluding hydrogens is 244 g/mol. The molecule has 0 aliphatic carbocycles. The minimum atomic E-state index is 0.179. The average Bonchev–Trinajstić information content (AvgIpc) is 2.78. The summed E-state index contributed by atoms with van der Waals surface area (Å²) in [5.74, 6) is 2.37. The van der Waals surface area contributed by atoms with Crippen molar-refractivity contribution >= 4 is 11.8 Å². The summed E-state index contributed by atoms with van der Waals surface area (Å²) in [6.07, 6.45) is 2.92. The van der Waals surface area contributed by atoms with Crippen LogP contribution in [0.2, 0.25) is 0 Å². The Labute approximate surface area is 114 Å². The summed E-state index contributed by atoms with van der Waals surface area (Å²) >= 11 is 2.01. The van der Waals surface area contributed by atoms with E-state index in [1.54, 1.807) is 0 Å². The van der Waals surface area contributed by atoms with Gasteiger partial charge in [-0.3, -0.25) is 4.68 Å². The molecule has 2 unspecified atom stereocenters. The van der Waals surface area contributed by atoms with Gasteiger partial charge in [0.2, 0.25) is 0 Å². The smallest absolute Gasteiger partial charge is 0.0640 e. The normalized spacial score (nSPS) is 23.5. The standard InChI is InChI=1S/C13H24N4S/c1-10(2)17-5-4-11(15-17)8-12(14)13-9-18-7-6-16(13)3/h4-5,10,12-13H,6-9,14H2,1-3H3. The molecule has 0 spiro atoms. The van der Waals surface area contributed by atoms with Crippen LogP contribution in [0.15, 0.2) is 12.3 Å². The zero-order valence-electron chi connectivity index (χ0n) is 11.5. The van der Waals surface area contributed by atoms with Crippen LogP contribution < -0.4 is 5.73 Å². The second kappa shape index (κ2) is 6.08. The maximum absolute atomic E-state index is 6.35. The van der Waals surface area contributed by atoms with Crippen molar-refractivity contribution in [3.8, 4) is 0 Å². The number of aromatic nitrogens is 2. The lowest BCUT2D eigenvalue weighted by Gasteiger charge is -2.35. The van der Waals surface area contributed by atoms with Crippen LogP contribution in [0.5, 0.6) is 0 Å². The molecule has 18 heavy (non-hydrogen) atoms. The summed E-state index contributed by atoms with van der Waals surface area (Å²) in [6.45, 7) is 5.42. The molecule has 0 radical (unpaired) electrons. The minimum Gasteiger partial charge on any atom is -0.326 e. The van der Waals surface area contributed by atoms with Gasteiger partial charge in [-0.1, -0.05) is 0 Å². The van der Waals surface area contributed by atoms with E-state index >= 15 is 0 Å². The largest absolute Gasteiger partial charge is 0.326 e. The number of nitrogens with zero attached hydrogens (tertiary/aromatic N) is 3. The molecule has 5 heteroatoms. The number of hydrogen-bond acceptors (Lipinski definition) is 4. The Balaban J connectivity index is 1.95. The van der Waals surface area contributed by atoms with Crippen LogP contribution in [-0.2, 0) is 6.42 Å². The zero-order valence-corrected chi connectivity index (χ0v) is 12.4. The van der Waals surface area contributed by atoms with Crippen molar-refractivity contribution in [3.63, 3.8) is 0 Å². The second-order valence-electron chi connectivity index (χ2n) is 5.37. The molecule has 1 aliphatic heterocycles. The molecule has 0 amide bonds. The van der Waals surface area contributed by atoms with E-state index in [4.69, 9.17) is 5.73 Å². The Hall–Kier alpha value is -0.520. The zero-order chi connectivity index (χ0) is 13.1. The summed E-state index contributed by atoms with van der Waals surface area (Å²) in [4.78, 5) is 2.39. The first kappa shape index (κ1) is 13.9. The van der Waals surface area contributed by atoms with Gasteiger partial charge >= 0.3 is 0 Å². The highest BCUT2D eigenvalue weighted by Crippen LogP contribution is 2.18. The molecule has 4 nitrogen and oxygen atoms in total. The molecule has 0 bridgehead atoms. The van der Waals surface area contributed by atoms with Crippen LogP contribution >= 0.6 is 11.8 Å². The van der Waals surface area contributed by atoms with Crippen LogP contribution in [0, 0.1) is 0 Å². The first-order valence-corrected chi connectivity index (χ1v) is 7.81. The van der Waals surface area contributed by atoms with Crippen molar-refractivity contribution < 1.29 is 0 Å². The number of nitrogens with two attached hydrogens (primary N) is 1. The summed E-state index contributed by atoms with van der Waals surface area (Å²) in [7, 11) is 2.18. The summed E-state index contributed by atoms with van der Waals surface area (Å²) < 4.78 is 2.00. The van der Waals surface area contributed by atoms with E-state index in [2.05, 4.69) is 37.0 Å². The molecular formula is C13H24N4S. The van der Waals surface area contributed by atoms with E-state index in [0.29, 0.717) is 12.1 Å². The molecule has 1 saturated heterocycles. The molecule has 1 aromatic heterocycles. The number of thioether (sulfide) groups is 1. The quantitative estimate of drug-likeness (QED) is 0.896. The molecule has 0 aromatic carbocycles. The van der Waals surface area contributed by atoms with Crippen molar-refractivity contribution in [2.24, 2.45) is 5.73 Å². The van der Waals surface area contributed by atoms with Gasteiger partial charge in [-0.15, -0.1) is 0 Å². The van der Waals surface area contributed by atoms with Crippen molar-refractivity contribution in [2.45, 2.75) is 38.4 Å². The van der Waals surface area contributed by atoms with E-state index in [0.717, 1.165) is 24.4 Å². The van der Waals surface area contributed by atoms with Crippen molar-refractivity contribution in [3.05, 3.63) is 18.0 Å². The third-order valence-corrected chi connectivity index (χ3v) is 4.62. The monoisotopic (exact) mass is 268 g/mol. The molecule has 2 rings (SSSR count). The van der Waals surface area contributed by atoms with E-state index in [-0.39, 0.29) is 6.04 Å². The van der Waals surface area contributed by atoms with Crippen LogP contribution in [0.1, 0.15) is 25.6 Å². The van der Waals surface area contributed by atoms with E-state index in [1.807, 2.05) is 22.6 Å². The molecule has 2 atom stereocenters. The number of hydrogen-bond donors (Lipinski definition) is 1. The number of likely N-dealkylation sites (N-methyl/N-ethyl adjacent to an activating group) is 1. The van der Waals surface area contributed by atoms with Crippen molar-refractivity contribution in [2.75, 3.05) is 25.1 Å². The van der Waals surface area contributed by atoms with E-state index < -0.39 is 0 Å². The van der Waals surface area contributed by atoms with E-state index in [9.17, 15) is 0 Å². The highest BCUT2D eigenvalue weighted by Gasteiger charge is 2.26. The fourth-order valence-corrected chi connectivity index (χ4v) is 3.63. The molecule has 0 saturated carbocycles. The fraction of sp³-hybridized carbons (Fsp3) is 0.769. The molecule has 2 N–H and O–H groups in total. The Bertz CT molecular complexity index is 377. The topological polar surface area (TPSA) is 47.1 Å². The molecule has 2 heterocycles. The average molecular weight is 268 g/mol. The highest BCUT2D eigenvalue weighted by atomic mass is 32.2. The lowest BCUT2D eigenvalue weighted by Crippen LogP contribution is -2.51. The van der Waals surface area contributed by atoms with Crippen LogP contribution in [0.3, 0.4) is 0 Å². The summed E-state index contributed by atoms with van der Waals surface area (Å²) in [6, 6.07) is 3.17. The van der Waals surface area contributed by atoms with Gasteiger partial charge in [0.25, 0.3) is 0 Å². The van der Waals surface area contributed by atoms with Gasteiger partial charge < -0.3 is 10.6 Å². The Morgan fingerprint density at radius 2 is 2.33 bits per heavy atom. The lowest BCUT2D eigenvalue weighted by atomic mass is 10.0. The van der Waals surface area contributed by atoms with Gasteiger partial charge in [0.05, 0.1) is 5.69 Å².